The van der Waals surface area contributed by atoms with Crippen molar-refractivity contribution in [3.8, 4) is 11.9 Å². The molecule has 2 rings (SSSR count). The van der Waals surface area contributed by atoms with Crippen molar-refractivity contribution in [3.05, 3.63) is 11.8 Å². The van der Waals surface area contributed by atoms with Crippen LogP contribution in [-0.4, -0.2) is 23.9 Å². The fourth-order valence-electron chi connectivity index (χ4n) is 2.12. The molecule has 1 fully saturated rings. The van der Waals surface area contributed by atoms with Crippen LogP contribution in [0.15, 0.2) is 6.07 Å². The van der Waals surface area contributed by atoms with Crippen molar-refractivity contribution in [3.63, 3.8) is 0 Å². The predicted octanol–water partition coefficient (Wildman–Crippen LogP) is 1.52. The molecule has 0 amide bonds. The Balaban J connectivity index is 2.25. The van der Waals surface area contributed by atoms with Gasteiger partial charge >= 0.3 is 0 Å². The predicted molar refractivity (Wildman–Crippen MR) is 63.7 cm³/mol. The number of hydrogen-bond donors (Lipinski definition) is 1. The smallest absolute Gasteiger partial charge is 0.218 e. The van der Waals surface area contributed by atoms with Gasteiger partial charge < -0.3 is 15.2 Å². The van der Waals surface area contributed by atoms with E-state index in [1.807, 2.05) is 11.5 Å². The number of nitrogens with zero attached hydrogens (tertiary/aromatic N) is 2. The summed E-state index contributed by atoms with van der Waals surface area (Å²) in [6, 6.07) is 3.79. The van der Waals surface area contributed by atoms with Crippen molar-refractivity contribution in [2.45, 2.75) is 32.4 Å². The molecule has 0 aliphatic carbocycles. The lowest BCUT2D eigenvalue weighted by Crippen LogP contribution is -2.17. The molecule has 0 radical (unpaired) electrons. The van der Waals surface area contributed by atoms with Gasteiger partial charge in [0.1, 0.15) is 11.8 Å². The summed E-state index contributed by atoms with van der Waals surface area (Å²) in [7, 11) is 0. The van der Waals surface area contributed by atoms with Gasteiger partial charge in [-0.05, 0) is 19.8 Å². The van der Waals surface area contributed by atoms with Crippen LogP contribution in [0.2, 0.25) is 0 Å². The molecule has 1 aromatic heterocycles. The summed E-state index contributed by atoms with van der Waals surface area (Å²) in [4.78, 5) is 0. The van der Waals surface area contributed by atoms with Crippen molar-refractivity contribution >= 4 is 5.69 Å². The summed E-state index contributed by atoms with van der Waals surface area (Å²) in [5, 5.41) is 9.08. The Hall–Kier alpha value is -1.67. The van der Waals surface area contributed by atoms with E-state index in [1.165, 1.54) is 0 Å². The first-order valence-electron chi connectivity index (χ1n) is 5.89. The van der Waals surface area contributed by atoms with Crippen LogP contribution in [0.1, 0.15) is 25.5 Å². The molecule has 1 atom stereocenters. The zero-order valence-electron chi connectivity index (χ0n) is 9.98. The summed E-state index contributed by atoms with van der Waals surface area (Å²) in [6.45, 7) is 3.86. The van der Waals surface area contributed by atoms with Crippen molar-refractivity contribution in [2.75, 3.05) is 18.9 Å². The third-order valence-electron chi connectivity index (χ3n) is 2.88. The Kier molecular flexibility index (Phi) is 3.55. The highest BCUT2D eigenvalue weighted by Gasteiger charge is 2.21. The Bertz CT molecular complexity index is 428. The molecule has 0 saturated carbocycles. The van der Waals surface area contributed by atoms with E-state index < -0.39 is 0 Å². The van der Waals surface area contributed by atoms with Gasteiger partial charge in [0.2, 0.25) is 5.88 Å². The standard InChI is InChI=1S/C12H17N3O2/c1-2-16-12-11(14)6-9(7-13)15(12)8-10-4-3-5-17-10/h6,10H,2-5,8,14H2,1H3/t10-/m1/s1. The number of nitrogen functional groups attached to an aromatic ring is 1. The van der Waals surface area contributed by atoms with Crippen LogP contribution in [0.4, 0.5) is 5.69 Å². The normalized spacial score (nSPS) is 19.2. The van der Waals surface area contributed by atoms with Gasteiger partial charge in [0.25, 0.3) is 0 Å². The SMILES string of the molecule is CCOc1c(N)cc(C#N)n1C[C@H]1CCCO1. The first-order chi connectivity index (χ1) is 8.26. The maximum Gasteiger partial charge on any atom is 0.218 e. The molecule has 0 unspecified atom stereocenters. The van der Waals surface area contributed by atoms with E-state index in [0.717, 1.165) is 19.4 Å². The van der Waals surface area contributed by atoms with Gasteiger partial charge in [-0.3, -0.25) is 4.57 Å². The van der Waals surface area contributed by atoms with E-state index in [2.05, 4.69) is 6.07 Å². The lowest BCUT2D eigenvalue weighted by molar-refractivity contribution is 0.0942. The fraction of sp³-hybridized carbons (Fsp3) is 0.583. The number of rotatable bonds is 4. The van der Waals surface area contributed by atoms with Gasteiger partial charge in [0.05, 0.1) is 24.9 Å². The Morgan fingerprint density at radius 2 is 2.53 bits per heavy atom. The molecule has 1 aliphatic rings. The second-order valence-corrected chi connectivity index (χ2v) is 4.08. The number of nitrogens with two attached hydrogens (primary N) is 1. The molecular weight excluding hydrogens is 218 g/mol. The Morgan fingerprint density at radius 1 is 1.71 bits per heavy atom. The van der Waals surface area contributed by atoms with E-state index in [0.29, 0.717) is 30.4 Å². The average Bonchev–Trinajstić information content (AvgIpc) is 2.92. The van der Waals surface area contributed by atoms with E-state index in [1.54, 1.807) is 6.07 Å². The zero-order chi connectivity index (χ0) is 12.3. The fourth-order valence-corrected chi connectivity index (χ4v) is 2.12. The van der Waals surface area contributed by atoms with E-state index in [-0.39, 0.29) is 6.10 Å². The van der Waals surface area contributed by atoms with Crippen LogP contribution in [0.25, 0.3) is 0 Å². The van der Waals surface area contributed by atoms with Gasteiger partial charge in [-0.1, -0.05) is 0 Å². The maximum atomic E-state index is 9.08. The maximum absolute atomic E-state index is 9.08. The number of hydrogen-bond acceptors (Lipinski definition) is 4. The molecule has 2 heterocycles. The van der Waals surface area contributed by atoms with Gasteiger partial charge in [-0.25, -0.2) is 0 Å². The zero-order valence-corrected chi connectivity index (χ0v) is 9.98. The molecule has 0 bridgehead atoms. The largest absolute Gasteiger partial charge is 0.478 e. The van der Waals surface area contributed by atoms with Crippen LogP contribution in [0.3, 0.4) is 0 Å². The third-order valence-corrected chi connectivity index (χ3v) is 2.88. The Morgan fingerprint density at radius 3 is 3.12 bits per heavy atom. The second-order valence-electron chi connectivity index (χ2n) is 4.08. The van der Waals surface area contributed by atoms with Crippen molar-refractivity contribution in [1.82, 2.24) is 4.57 Å². The summed E-state index contributed by atoms with van der Waals surface area (Å²) < 4.78 is 12.9. The molecule has 0 aromatic carbocycles. The molecule has 5 heteroatoms. The lowest BCUT2D eigenvalue weighted by Gasteiger charge is -2.15. The number of ether oxygens (including phenoxy) is 2. The van der Waals surface area contributed by atoms with Gasteiger partial charge in [-0.2, -0.15) is 5.26 Å². The minimum atomic E-state index is 0.160. The van der Waals surface area contributed by atoms with Crippen molar-refractivity contribution in [2.24, 2.45) is 0 Å². The van der Waals surface area contributed by atoms with Crippen molar-refractivity contribution < 1.29 is 9.47 Å². The summed E-state index contributed by atoms with van der Waals surface area (Å²) >= 11 is 0. The summed E-state index contributed by atoms with van der Waals surface area (Å²) in [5.41, 5.74) is 6.88. The van der Waals surface area contributed by atoms with Crippen LogP contribution in [0.5, 0.6) is 5.88 Å². The van der Waals surface area contributed by atoms with Gasteiger partial charge in [0.15, 0.2) is 0 Å². The van der Waals surface area contributed by atoms with Crippen LogP contribution in [0, 0.1) is 11.3 Å². The average molecular weight is 235 g/mol. The van der Waals surface area contributed by atoms with Crippen LogP contribution in [-0.2, 0) is 11.3 Å². The molecule has 1 aliphatic heterocycles. The highest BCUT2D eigenvalue weighted by atomic mass is 16.5. The molecule has 5 nitrogen and oxygen atoms in total. The third kappa shape index (κ3) is 2.37. The molecular formula is C12H17N3O2. The van der Waals surface area contributed by atoms with E-state index in [4.69, 9.17) is 20.5 Å². The molecule has 2 N–H and O–H groups in total. The highest BCUT2D eigenvalue weighted by molar-refractivity contribution is 5.55. The van der Waals surface area contributed by atoms with E-state index in [9.17, 15) is 0 Å². The summed E-state index contributed by atoms with van der Waals surface area (Å²) in [6.07, 6.45) is 2.26. The topological polar surface area (TPSA) is 73.2 Å². The van der Waals surface area contributed by atoms with E-state index >= 15 is 0 Å². The minimum absolute atomic E-state index is 0.160. The molecule has 17 heavy (non-hydrogen) atoms. The highest BCUT2D eigenvalue weighted by Crippen LogP contribution is 2.28. The first-order valence-corrected chi connectivity index (χ1v) is 5.89. The minimum Gasteiger partial charge on any atom is -0.478 e. The molecule has 1 saturated heterocycles. The lowest BCUT2D eigenvalue weighted by atomic mass is 10.2. The number of anilines is 1. The van der Waals surface area contributed by atoms with Crippen LogP contribution < -0.4 is 10.5 Å². The van der Waals surface area contributed by atoms with Crippen molar-refractivity contribution in [1.29, 1.82) is 5.26 Å². The number of nitriles is 1. The molecule has 0 spiro atoms. The molecule has 92 valence electrons. The molecule has 1 aromatic rings. The number of aromatic nitrogens is 1. The van der Waals surface area contributed by atoms with Crippen LogP contribution >= 0.6 is 0 Å². The second kappa shape index (κ2) is 5.11. The first kappa shape index (κ1) is 11.8. The Labute approximate surface area is 101 Å². The van der Waals surface area contributed by atoms with Gasteiger partial charge in [-0.15, -0.1) is 0 Å². The quantitative estimate of drug-likeness (QED) is 0.858. The summed E-state index contributed by atoms with van der Waals surface area (Å²) in [5.74, 6) is 0.583. The monoisotopic (exact) mass is 235 g/mol. The van der Waals surface area contributed by atoms with Gasteiger partial charge in [0, 0.05) is 12.7 Å².